The first-order valence-electron chi connectivity index (χ1n) is 6.08. The Hall–Kier alpha value is -0.500. The third-order valence-electron chi connectivity index (χ3n) is 3.39. The van der Waals surface area contributed by atoms with E-state index in [9.17, 15) is 0 Å². The first-order chi connectivity index (χ1) is 7.65. The van der Waals surface area contributed by atoms with E-state index in [2.05, 4.69) is 41.9 Å². The van der Waals surface area contributed by atoms with Gasteiger partial charge in [0.2, 0.25) is 0 Å². The molecular weight excluding hydrogens is 264 g/mol. The van der Waals surface area contributed by atoms with Gasteiger partial charge in [-0.1, -0.05) is 22.9 Å². The van der Waals surface area contributed by atoms with Crippen LogP contribution in [0.4, 0.5) is 0 Å². The highest BCUT2D eigenvalue weighted by molar-refractivity contribution is 9.10. The predicted octanol–water partition coefficient (Wildman–Crippen LogP) is 4.72. The summed E-state index contributed by atoms with van der Waals surface area (Å²) in [5.41, 5.74) is 1.22. The quantitative estimate of drug-likeness (QED) is 0.763. The number of hydrogen-bond acceptors (Lipinski definition) is 1. The maximum atomic E-state index is 6.07. The summed E-state index contributed by atoms with van der Waals surface area (Å²) >= 11 is 3.47. The third kappa shape index (κ3) is 3.00. The number of rotatable bonds is 2. The summed E-state index contributed by atoms with van der Waals surface area (Å²) in [4.78, 5) is 0. The summed E-state index contributed by atoms with van der Waals surface area (Å²) in [5.74, 6) is 1.92. The lowest BCUT2D eigenvalue weighted by atomic mass is 9.89. The van der Waals surface area contributed by atoms with Gasteiger partial charge in [0.15, 0.2) is 0 Å². The molecule has 1 aliphatic carbocycles. The zero-order valence-electron chi connectivity index (χ0n) is 10.0. The molecular formula is C14H19BrO. The number of aryl methyl sites for hydroxylation is 1. The van der Waals surface area contributed by atoms with Crippen molar-refractivity contribution < 1.29 is 4.74 Å². The molecule has 0 aliphatic heterocycles. The Balaban J connectivity index is 1.98. The molecule has 0 amide bonds. The van der Waals surface area contributed by atoms with Crippen molar-refractivity contribution in [2.75, 3.05) is 0 Å². The van der Waals surface area contributed by atoms with E-state index in [4.69, 9.17) is 4.74 Å². The van der Waals surface area contributed by atoms with Crippen molar-refractivity contribution in [1.82, 2.24) is 0 Å². The van der Waals surface area contributed by atoms with Gasteiger partial charge >= 0.3 is 0 Å². The molecule has 2 rings (SSSR count). The number of ether oxygens (including phenoxy) is 1. The molecule has 1 aromatic carbocycles. The van der Waals surface area contributed by atoms with Crippen LogP contribution in [0.3, 0.4) is 0 Å². The molecule has 1 nitrogen and oxygen atoms in total. The summed E-state index contributed by atoms with van der Waals surface area (Å²) in [5, 5.41) is 0. The molecule has 1 saturated carbocycles. The number of benzene rings is 1. The molecule has 1 aromatic rings. The Bertz CT molecular complexity index is 354. The normalized spacial score (nSPS) is 25.4. The smallest absolute Gasteiger partial charge is 0.122 e. The van der Waals surface area contributed by atoms with Gasteiger partial charge in [0.25, 0.3) is 0 Å². The van der Waals surface area contributed by atoms with Crippen LogP contribution in [0, 0.1) is 12.8 Å². The molecule has 0 atom stereocenters. The van der Waals surface area contributed by atoms with Crippen molar-refractivity contribution in [2.24, 2.45) is 5.92 Å². The minimum Gasteiger partial charge on any atom is -0.490 e. The van der Waals surface area contributed by atoms with Crippen LogP contribution in [0.2, 0.25) is 0 Å². The van der Waals surface area contributed by atoms with E-state index in [1.807, 2.05) is 6.07 Å². The summed E-state index contributed by atoms with van der Waals surface area (Å²) in [6.07, 6.45) is 5.45. The molecule has 0 heterocycles. The van der Waals surface area contributed by atoms with Crippen LogP contribution in [0.15, 0.2) is 22.7 Å². The fraction of sp³-hybridized carbons (Fsp3) is 0.571. The van der Waals surface area contributed by atoms with E-state index in [1.54, 1.807) is 0 Å². The highest BCUT2D eigenvalue weighted by Gasteiger charge is 2.19. The van der Waals surface area contributed by atoms with Crippen LogP contribution in [0.1, 0.15) is 38.2 Å². The van der Waals surface area contributed by atoms with Gasteiger partial charge in [0, 0.05) is 4.47 Å². The van der Waals surface area contributed by atoms with Crippen LogP contribution >= 0.6 is 15.9 Å². The van der Waals surface area contributed by atoms with E-state index < -0.39 is 0 Å². The topological polar surface area (TPSA) is 9.23 Å². The molecule has 0 bridgehead atoms. The van der Waals surface area contributed by atoms with E-state index >= 15 is 0 Å². The van der Waals surface area contributed by atoms with Crippen molar-refractivity contribution in [3.8, 4) is 5.75 Å². The first kappa shape index (κ1) is 12.0. The molecule has 0 spiro atoms. The van der Waals surface area contributed by atoms with Gasteiger partial charge in [-0.15, -0.1) is 0 Å². The maximum absolute atomic E-state index is 6.07. The summed E-state index contributed by atoms with van der Waals surface area (Å²) < 4.78 is 7.19. The SMILES string of the molecule is Cc1cc(Br)ccc1OC1CCC(C)CC1. The predicted molar refractivity (Wildman–Crippen MR) is 70.9 cm³/mol. The molecule has 0 unspecified atom stereocenters. The average Bonchev–Trinajstić information content (AvgIpc) is 2.25. The van der Waals surface area contributed by atoms with Crippen LogP contribution in [0.5, 0.6) is 5.75 Å². The van der Waals surface area contributed by atoms with Gasteiger partial charge in [0.05, 0.1) is 6.10 Å². The monoisotopic (exact) mass is 282 g/mol. The molecule has 1 fully saturated rings. The summed E-state index contributed by atoms with van der Waals surface area (Å²) in [6.45, 7) is 4.44. The minimum atomic E-state index is 0.427. The van der Waals surface area contributed by atoms with Gasteiger partial charge in [-0.25, -0.2) is 0 Å². The van der Waals surface area contributed by atoms with E-state index in [-0.39, 0.29) is 0 Å². The first-order valence-corrected chi connectivity index (χ1v) is 6.87. The minimum absolute atomic E-state index is 0.427. The second-order valence-corrected chi connectivity index (χ2v) is 5.83. The highest BCUT2D eigenvalue weighted by Crippen LogP contribution is 2.29. The largest absolute Gasteiger partial charge is 0.490 e. The Labute approximate surface area is 106 Å². The number of halogens is 1. The van der Waals surface area contributed by atoms with Crippen molar-refractivity contribution in [3.63, 3.8) is 0 Å². The Kier molecular flexibility index (Phi) is 3.91. The van der Waals surface area contributed by atoms with Gasteiger partial charge < -0.3 is 4.74 Å². The highest BCUT2D eigenvalue weighted by atomic mass is 79.9. The van der Waals surface area contributed by atoms with Crippen LogP contribution in [-0.2, 0) is 0 Å². The van der Waals surface area contributed by atoms with Crippen molar-refractivity contribution in [2.45, 2.75) is 45.6 Å². The molecule has 0 N–H and O–H groups in total. The molecule has 88 valence electrons. The summed E-state index contributed by atoms with van der Waals surface area (Å²) in [7, 11) is 0. The molecule has 16 heavy (non-hydrogen) atoms. The molecule has 2 heteroatoms. The van der Waals surface area contributed by atoms with Crippen LogP contribution in [-0.4, -0.2) is 6.10 Å². The maximum Gasteiger partial charge on any atom is 0.122 e. The zero-order valence-corrected chi connectivity index (χ0v) is 11.6. The Morgan fingerprint density at radius 3 is 2.50 bits per heavy atom. The fourth-order valence-electron chi connectivity index (χ4n) is 2.27. The molecule has 0 aromatic heterocycles. The molecule has 1 aliphatic rings. The van der Waals surface area contributed by atoms with Gasteiger partial charge in [-0.3, -0.25) is 0 Å². The zero-order chi connectivity index (χ0) is 11.5. The second-order valence-electron chi connectivity index (χ2n) is 4.91. The lowest BCUT2D eigenvalue weighted by Crippen LogP contribution is -2.23. The van der Waals surface area contributed by atoms with E-state index in [0.717, 1.165) is 16.1 Å². The van der Waals surface area contributed by atoms with Gasteiger partial charge in [-0.2, -0.15) is 0 Å². The Morgan fingerprint density at radius 1 is 1.19 bits per heavy atom. The standard InChI is InChI=1S/C14H19BrO/c1-10-3-6-13(7-4-10)16-14-8-5-12(15)9-11(14)2/h5,8-10,13H,3-4,6-7H2,1-2H3. The second kappa shape index (κ2) is 5.22. The van der Waals surface area contributed by atoms with Gasteiger partial charge in [-0.05, 0) is 62.3 Å². The van der Waals surface area contributed by atoms with Crippen molar-refractivity contribution in [1.29, 1.82) is 0 Å². The molecule has 0 radical (unpaired) electrons. The third-order valence-corrected chi connectivity index (χ3v) is 3.89. The Morgan fingerprint density at radius 2 is 1.88 bits per heavy atom. The average molecular weight is 283 g/mol. The fourth-order valence-corrected chi connectivity index (χ4v) is 2.75. The van der Waals surface area contributed by atoms with Crippen molar-refractivity contribution in [3.05, 3.63) is 28.2 Å². The number of hydrogen-bond donors (Lipinski definition) is 0. The van der Waals surface area contributed by atoms with Crippen LogP contribution < -0.4 is 4.74 Å². The summed E-state index contributed by atoms with van der Waals surface area (Å²) in [6, 6.07) is 6.23. The van der Waals surface area contributed by atoms with E-state index in [1.165, 1.54) is 31.2 Å². The molecule has 0 saturated heterocycles. The van der Waals surface area contributed by atoms with E-state index in [0.29, 0.717) is 6.10 Å². The van der Waals surface area contributed by atoms with Crippen LogP contribution in [0.25, 0.3) is 0 Å². The van der Waals surface area contributed by atoms with Gasteiger partial charge in [0.1, 0.15) is 5.75 Å². The lowest BCUT2D eigenvalue weighted by Gasteiger charge is -2.27. The lowest BCUT2D eigenvalue weighted by molar-refractivity contribution is 0.134. The van der Waals surface area contributed by atoms with Crippen molar-refractivity contribution >= 4 is 15.9 Å².